The minimum atomic E-state index is -0.755. The first-order valence-corrected chi connectivity index (χ1v) is 6.76. The highest BCUT2D eigenvalue weighted by molar-refractivity contribution is 5.29. The molecule has 4 atom stereocenters. The maximum Gasteiger partial charge on any atom is 0.0963 e. The van der Waals surface area contributed by atoms with Gasteiger partial charge in [-0.2, -0.15) is 0 Å². The molecule has 0 saturated heterocycles. The Labute approximate surface area is 108 Å². The standard InChI is InChI=1S/C15H22O3/c1-14(2)5-10-12(6-14)15(3,17)4-9-7-18-8-11(9)13(10)16/h7-8,10,12-13,16-17H,4-6H2,1-3H3/t10-,12-,13-,15-/m1/s1. The highest BCUT2D eigenvalue weighted by Crippen LogP contribution is 2.56. The third-order valence-corrected chi connectivity index (χ3v) is 4.93. The molecule has 1 aromatic rings. The molecular weight excluding hydrogens is 228 g/mol. The second-order valence-corrected chi connectivity index (χ2v) is 7.17. The van der Waals surface area contributed by atoms with Crippen molar-refractivity contribution in [1.82, 2.24) is 0 Å². The van der Waals surface area contributed by atoms with Gasteiger partial charge in [0, 0.05) is 12.0 Å². The fourth-order valence-corrected chi connectivity index (χ4v) is 4.11. The first-order chi connectivity index (χ1) is 8.30. The fourth-order valence-electron chi connectivity index (χ4n) is 4.11. The Balaban J connectivity index is 2.06. The molecule has 100 valence electrons. The van der Waals surface area contributed by atoms with Gasteiger partial charge in [0.25, 0.3) is 0 Å². The Morgan fingerprint density at radius 3 is 2.67 bits per heavy atom. The summed E-state index contributed by atoms with van der Waals surface area (Å²) in [6.45, 7) is 6.35. The molecule has 1 aromatic heterocycles. The number of rotatable bonds is 0. The molecule has 3 rings (SSSR count). The summed E-state index contributed by atoms with van der Waals surface area (Å²) < 4.78 is 5.22. The van der Waals surface area contributed by atoms with Gasteiger partial charge in [-0.15, -0.1) is 0 Å². The zero-order chi connectivity index (χ0) is 13.1. The lowest BCUT2D eigenvalue weighted by molar-refractivity contribution is -0.0392. The van der Waals surface area contributed by atoms with Crippen LogP contribution in [0.3, 0.4) is 0 Å². The second kappa shape index (κ2) is 3.61. The monoisotopic (exact) mass is 250 g/mol. The highest BCUT2D eigenvalue weighted by Gasteiger charge is 2.52. The number of aliphatic hydroxyl groups excluding tert-OH is 1. The Morgan fingerprint density at radius 1 is 1.22 bits per heavy atom. The topological polar surface area (TPSA) is 53.6 Å². The van der Waals surface area contributed by atoms with Crippen molar-refractivity contribution < 1.29 is 14.6 Å². The summed E-state index contributed by atoms with van der Waals surface area (Å²) in [5.41, 5.74) is 1.27. The molecule has 3 nitrogen and oxygen atoms in total. The molecule has 0 amide bonds. The number of furan rings is 1. The van der Waals surface area contributed by atoms with E-state index in [1.54, 1.807) is 12.5 Å². The summed E-state index contributed by atoms with van der Waals surface area (Å²) in [5, 5.41) is 21.4. The van der Waals surface area contributed by atoms with E-state index in [2.05, 4.69) is 13.8 Å². The highest BCUT2D eigenvalue weighted by atomic mass is 16.3. The fraction of sp³-hybridized carbons (Fsp3) is 0.733. The van der Waals surface area contributed by atoms with E-state index in [1.807, 2.05) is 6.92 Å². The molecule has 0 radical (unpaired) electrons. The van der Waals surface area contributed by atoms with Crippen LogP contribution in [-0.4, -0.2) is 15.8 Å². The van der Waals surface area contributed by atoms with Crippen LogP contribution in [0, 0.1) is 17.3 Å². The van der Waals surface area contributed by atoms with Gasteiger partial charge < -0.3 is 14.6 Å². The van der Waals surface area contributed by atoms with Crippen LogP contribution < -0.4 is 0 Å². The molecule has 3 heteroatoms. The predicted octanol–water partition coefficient (Wildman–Crippen LogP) is 2.67. The first kappa shape index (κ1) is 12.2. The quantitative estimate of drug-likeness (QED) is 0.744. The van der Waals surface area contributed by atoms with Crippen LogP contribution in [0.1, 0.15) is 50.8 Å². The van der Waals surface area contributed by atoms with E-state index in [0.717, 1.165) is 24.0 Å². The molecule has 0 unspecified atom stereocenters. The lowest BCUT2D eigenvalue weighted by atomic mass is 9.78. The van der Waals surface area contributed by atoms with Crippen molar-refractivity contribution in [3.05, 3.63) is 23.7 Å². The third-order valence-electron chi connectivity index (χ3n) is 4.93. The van der Waals surface area contributed by atoms with Gasteiger partial charge >= 0.3 is 0 Å². The Morgan fingerprint density at radius 2 is 1.94 bits per heavy atom. The van der Waals surface area contributed by atoms with Gasteiger partial charge in [-0.1, -0.05) is 13.8 Å². The molecule has 2 N–H and O–H groups in total. The van der Waals surface area contributed by atoms with Crippen molar-refractivity contribution in [3.8, 4) is 0 Å². The van der Waals surface area contributed by atoms with Crippen LogP contribution in [-0.2, 0) is 6.42 Å². The summed E-state index contributed by atoms with van der Waals surface area (Å²) in [6.07, 6.45) is 5.32. The van der Waals surface area contributed by atoms with Crippen LogP contribution in [0.4, 0.5) is 0 Å². The minimum absolute atomic E-state index is 0.133. The smallest absolute Gasteiger partial charge is 0.0963 e. The Kier molecular flexibility index (Phi) is 2.46. The van der Waals surface area contributed by atoms with Gasteiger partial charge in [0.15, 0.2) is 0 Å². The van der Waals surface area contributed by atoms with Gasteiger partial charge in [0.1, 0.15) is 0 Å². The lowest BCUT2D eigenvalue weighted by Crippen LogP contribution is -2.38. The maximum atomic E-state index is 10.8. The SMILES string of the molecule is CC1(C)C[C@@H]2[C@@H](C1)[C@](C)(O)Cc1cocc1[C@@H]2O. The second-order valence-electron chi connectivity index (χ2n) is 7.17. The van der Waals surface area contributed by atoms with Gasteiger partial charge in [-0.25, -0.2) is 0 Å². The van der Waals surface area contributed by atoms with E-state index in [0.29, 0.717) is 6.42 Å². The van der Waals surface area contributed by atoms with E-state index < -0.39 is 11.7 Å². The molecule has 2 aliphatic rings. The average Bonchev–Trinajstić information content (AvgIpc) is 2.79. The zero-order valence-corrected chi connectivity index (χ0v) is 11.3. The van der Waals surface area contributed by atoms with E-state index in [1.165, 1.54) is 0 Å². The summed E-state index contributed by atoms with van der Waals surface area (Å²) in [4.78, 5) is 0. The number of hydrogen-bond acceptors (Lipinski definition) is 3. The van der Waals surface area contributed by atoms with Crippen LogP contribution in [0.5, 0.6) is 0 Å². The maximum absolute atomic E-state index is 10.8. The summed E-state index contributed by atoms with van der Waals surface area (Å²) in [6, 6.07) is 0. The number of hydrogen-bond donors (Lipinski definition) is 2. The van der Waals surface area contributed by atoms with Gasteiger partial charge in [-0.3, -0.25) is 0 Å². The van der Waals surface area contributed by atoms with E-state index in [9.17, 15) is 10.2 Å². The van der Waals surface area contributed by atoms with Gasteiger partial charge in [0.2, 0.25) is 0 Å². The zero-order valence-electron chi connectivity index (χ0n) is 11.3. The lowest BCUT2D eigenvalue weighted by Gasteiger charge is -2.33. The summed E-state index contributed by atoms with van der Waals surface area (Å²) >= 11 is 0. The number of aliphatic hydroxyl groups is 2. The van der Waals surface area contributed by atoms with E-state index in [4.69, 9.17) is 4.42 Å². The van der Waals surface area contributed by atoms with E-state index >= 15 is 0 Å². The molecule has 0 aromatic carbocycles. The first-order valence-electron chi connectivity index (χ1n) is 6.76. The molecule has 1 saturated carbocycles. The summed E-state index contributed by atoms with van der Waals surface area (Å²) in [7, 11) is 0. The minimum Gasteiger partial charge on any atom is -0.472 e. The molecule has 0 spiro atoms. The normalized spacial score (nSPS) is 42.2. The largest absolute Gasteiger partial charge is 0.472 e. The number of fused-ring (bicyclic) bond motifs is 2. The molecule has 18 heavy (non-hydrogen) atoms. The van der Waals surface area contributed by atoms with Crippen molar-refractivity contribution in [2.45, 2.75) is 51.7 Å². The van der Waals surface area contributed by atoms with Crippen LogP contribution in [0.25, 0.3) is 0 Å². The van der Waals surface area contributed by atoms with Crippen LogP contribution in [0.2, 0.25) is 0 Å². The molecule has 1 heterocycles. The predicted molar refractivity (Wildman–Crippen MR) is 68.0 cm³/mol. The molecule has 2 aliphatic carbocycles. The average molecular weight is 250 g/mol. The van der Waals surface area contributed by atoms with Crippen molar-refractivity contribution in [3.63, 3.8) is 0 Å². The van der Waals surface area contributed by atoms with Gasteiger partial charge in [-0.05, 0) is 42.6 Å². The van der Waals surface area contributed by atoms with Crippen LogP contribution in [0.15, 0.2) is 16.9 Å². The van der Waals surface area contributed by atoms with Gasteiger partial charge in [0.05, 0.1) is 24.2 Å². The summed E-state index contributed by atoms with van der Waals surface area (Å²) in [5.74, 6) is 0.295. The molecule has 0 aliphatic heterocycles. The molecule has 1 fully saturated rings. The molecule has 0 bridgehead atoms. The van der Waals surface area contributed by atoms with Crippen molar-refractivity contribution in [2.75, 3.05) is 0 Å². The third kappa shape index (κ3) is 1.72. The molecular formula is C15H22O3. The van der Waals surface area contributed by atoms with E-state index in [-0.39, 0.29) is 17.3 Å². The van der Waals surface area contributed by atoms with Crippen molar-refractivity contribution in [2.24, 2.45) is 17.3 Å². The van der Waals surface area contributed by atoms with Crippen molar-refractivity contribution >= 4 is 0 Å². The van der Waals surface area contributed by atoms with Crippen LogP contribution >= 0.6 is 0 Å². The Bertz CT molecular complexity index is 458. The van der Waals surface area contributed by atoms with Crippen molar-refractivity contribution in [1.29, 1.82) is 0 Å². The Hall–Kier alpha value is -0.800.